The van der Waals surface area contributed by atoms with E-state index in [-0.39, 0.29) is 6.10 Å². The molecule has 0 radical (unpaired) electrons. The molecule has 1 aromatic rings. The second kappa shape index (κ2) is 6.87. The topological polar surface area (TPSA) is 29.5 Å². The summed E-state index contributed by atoms with van der Waals surface area (Å²) in [7, 11) is 1.63. The fourth-order valence-electron chi connectivity index (χ4n) is 1.79. The van der Waals surface area contributed by atoms with Crippen molar-refractivity contribution in [3.63, 3.8) is 0 Å². The second-order valence-corrected chi connectivity index (χ2v) is 5.22. The van der Waals surface area contributed by atoms with Crippen LogP contribution in [0.3, 0.4) is 0 Å². The van der Waals surface area contributed by atoms with Crippen molar-refractivity contribution in [2.24, 2.45) is 5.92 Å². The molecule has 1 atom stereocenters. The van der Waals surface area contributed by atoms with Crippen LogP contribution in [0.1, 0.15) is 32.3 Å². The maximum absolute atomic E-state index is 9.96. The number of benzene rings is 1. The molecule has 3 heteroatoms. The Morgan fingerprint density at radius 3 is 2.59 bits per heavy atom. The summed E-state index contributed by atoms with van der Waals surface area (Å²) in [6.45, 7) is 4.32. The number of aliphatic hydroxyl groups is 1. The molecule has 0 saturated carbocycles. The summed E-state index contributed by atoms with van der Waals surface area (Å²) in [6.07, 6.45) is 2.11. The van der Waals surface area contributed by atoms with Crippen LogP contribution in [0.25, 0.3) is 0 Å². The van der Waals surface area contributed by atoms with E-state index in [1.807, 2.05) is 12.1 Å². The van der Waals surface area contributed by atoms with Gasteiger partial charge in [-0.1, -0.05) is 25.4 Å². The number of methoxy groups -OCH3 is 1. The lowest BCUT2D eigenvalue weighted by Gasteiger charge is -2.14. The number of aliphatic hydroxyl groups excluding tert-OH is 1. The molecule has 1 N–H and O–H groups in total. The van der Waals surface area contributed by atoms with Gasteiger partial charge in [-0.15, -0.1) is 0 Å². The predicted octanol–water partition coefficient (Wildman–Crippen LogP) is 3.69. The zero-order valence-corrected chi connectivity index (χ0v) is 11.5. The summed E-state index contributed by atoms with van der Waals surface area (Å²) < 4.78 is 5.26. The van der Waals surface area contributed by atoms with E-state index in [0.717, 1.165) is 24.2 Å². The first-order valence-corrected chi connectivity index (χ1v) is 6.41. The van der Waals surface area contributed by atoms with Crippen LogP contribution in [0.5, 0.6) is 5.75 Å². The second-order valence-electron chi connectivity index (χ2n) is 4.79. The predicted molar refractivity (Wildman–Crippen MR) is 71.8 cm³/mol. The van der Waals surface area contributed by atoms with E-state index in [1.54, 1.807) is 13.2 Å². The van der Waals surface area contributed by atoms with Gasteiger partial charge in [0.1, 0.15) is 5.75 Å². The zero-order valence-electron chi connectivity index (χ0n) is 10.7. The van der Waals surface area contributed by atoms with Crippen molar-refractivity contribution < 1.29 is 9.84 Å². The molecule has 0 aromatic heterocycles. The summed E-state index contributed by atoms with van der Waals surface area (Å²) in [5.74, 6) is 1.41. The number of ether oxygens (including phenoxy) is 1. The molecule has 0 bridgehead atoms. The third kappa shape index (κ3) is 4.97. The fraction of sp³-hybridized carbons (Fsp3) is 0.571. The SMILES string of the molecule is COc1ccc(Cl)cc1CC(O)CCC(C)C. The van der Waals surface area contributed by atoms with Crippen LogP contribution in [0, 0.1) is 5.92 Å². The molecule has 0 heterocycles. The Morgan fingerprint density at radius 2 is 2.00 bits per heavy atom. The van der Waals surface area contributed by atoms with Gasteiger partial charge in [-0.05, 0) is 42.5 Å². The molecule has 0 aliphatic carbocycles. The van der Waals surface area contributed by atoms with Crippen molar-refractivity contribution in [2.45, 2.75) is 39.2 Å². The van der Waals surface area contributed by atoms with Gasteiger partial charge in [0.15, 0.2) is 0 Å². The lowest BCUT2D eigenvalue weighted by Crippen LogP contribution is -2.12. The standard InChI is InChI=1S/C14H21ClO2/c1-10(2)4-6-13(16)9-11-8-12(15)5-7-14(11)17-3/h5,7-8,10,13,16H,4,6,9H2,1-3H3. The highest BCUT2D eigenvalue weighted by Gasteiger charge is 2.11. The minimum atomic E-state index is -0.329. The van der Waals surface area contributed by atoms with E-state index in [4.69, 9.17) is 16.3 Å². The van der Waals surface area contributed by atoms with E-state index in [9.17, 15) is 5.11 Å². The van der Waals surface area contributed by atoms with E-state index in [1.165, 1.54) is 0 Å². The molecule has 0 amide bonds. The van der Waals surface area contributed by atoms with Crippen LogP contribution >= 0.6 is 11.6 Å². The largest absolute Gasteiger partial charge is 0.496 e. The van der Waals surface area contributed by atoms with E-state index in [2.05, 4.69) is 13.8 Å². The maximum atomic E-state index is 9.96. The van der Waals surface area contributed by atoms with Gasteiger partial charge in [-0.25, -0.2) is 0 Å². The minimum absolute atomic E-state index is 0.329. The molecule has 1 aromatic carbocycles. The maximum Gasteiger partial charge on any atom is 0.122 e. The van der Waals surface area contributed by atoms with Gasteiger partial charge in [-0.2, -0.15) is 0 Å². The van der Waals surface area contributed by atoms with Crippen molar-refractivity contribution in [3.8, 4) is 5.75 Å². The normalized spacial score (nSPS) is 12.8. The van der Waals surface area contributed by atoms with Gasteiger partial charge in [0.25, 0.3) is 0 Å². The summed E-state index contributed by atoms with van der Waals surface area (Å²) >= 11 is 5.95. The van der Waals surface area contributed by atoms with Crippen LogP contribution in [0.4, 0.5) is 0 Å². The molecule has 2 nitrogen and oxygen atoms in total. The lowest BCUT2D eigenvalue weighted by molar-refractivity contribution is 0.156. The van der Waals surface area contributed by atoms with Gasteiger partial charge in [0.2, 0.25) is 0 Å². The average molecular weight is 257 g/mol. The lowest BCUT2D eigenvalue weighted by atomic mass is 9.99. The minimum Gasteiger partial charge on any atom is -0.496 e. The van der Waals surface area contributed by atoms with Gasteiger partial charge < -0.3 is 9.84 Å². The molecule has 0 aliphatic heterocycles. The molecule has 0 aliphatic rings. The highest BCUT2D eigenvalue weighted by Crippen LogP contribution is 2.24. The first kappa shape index (κ1) is 14.3. The average Bonchev–Trinajstić information content (AvgIpc) is 2.27. The Kier molecular flexibility index (Phi) is 5.79. The summed E-state index contributed by atoms with van der Waals surface area (Å²) in [6, 6.07) is 5.50. The molecule has 17 heavy (non-hydrogen) atoms. The fourth-order valence-corrected chi connectivity index (χ4v) is 1.98. The number of hydrogen-bond acceptors (Lipinski definition) is 2. The Bertz CT molecular complexity index is 350. The summed E-state index contributed by atoms with van der Waals surface area (Å²) in [4.78, 5) is 0. The van der Waals surface area contributed by atoms with E-state index in [0.29, 0.717) is 17.4 Å². The smallest absolute Gasteiger partial charge is 0.122 e. The van der Waals surface area contributed by atoms with Crippen LogP contribution in [0.15, 0.2) is 18.2 Å². The van der Waals surface area contributed by atoms with Gasteiger partial charge >= 0.3 is 0 Å². The number of rotatable bonds is 6. The summed E-state index contributed by atoms with van der Waals surface area (Å²) in [5, 5.41) is 10.6. The van der Waals surface area contributed by atoms with Crippen molar-refractivity contribution >= 4 is 11.6 Å². The van der Waals surface area contributed by atoms with E-state index < -0.39 is 0 Å². The van der Waals surface area contributed by atoms with Crippen molar-refractivity contribution in [1.82, 2.24) is 0 Å². The molecule has 1 unspecified atom stereocenters. The van der Waals surface area contributed by atoms with Crippen LogP contribution in [-0.4, -0.2) is 18.3 Å². The summed E-state index contributed by atoms with van der Waals surface area (Å²) in [5.41, 5.74) is 0.969. The molecule has 0 spiro atoms. The number of hydrogen-bond donors (Lipinski definition) is 1. The van der Waals surface area contributed by atoms with Gasteiger partial charge in [0.05, 0.1) is 13.2 Å². The van der Waals surface area contributed by atoms with Crippen LogP contribution in [-0.2, 0) is 6.42 Å². The first-order valence-electron chi connectivity index (χ1n) is 6.03. The monoisotopic (exact) mass is 256 g/mol. The van der Waals surface area contributed by atoms with Gasteiger partial charge in [-0.3, -0.25) is 0 Å². The highest BCUT2D eigenvalue weighted by atomic mass is 35.5. The van der Waals surface area contributed by atoms with E-state index >= 15 is 0 Å². The Labute approximate surface area is 109 Å². The Hall–Kier alpha value is -0.730. The zero-order chi connectivity index (χ0) is 12.8. The molecular weight excluding hydrogens is 236 g/mol. The molecule has 0 fully saturated rings. The highest BCUT2D eigenvalue weighted by molar-refractivity contribution is 6.30. The molecule has 0 saturated heterocycles. The number of halogens is 1. The Morgan fingerprint density at radius 1 is 1.29 bits per heavy atom. The van der Waals surface area contributed by atoms with Gasteiger partial charge in [0, 0.05) is 11.4 Å². The van der Waals surface area contributed by atoms with Crippen LogP contribution in [0.2, 0.25) is 5.02 Å². The third-order valence-corrected chi connectivity index (χ3v) is 3.01. The molecule has 1 rings (SSSR count). The van der Waals surface area contributed by atoms with Crippen molar-refractivity contribution in [3.05, 3.63) is 28.8 Å². The van der Waals surface area contributed by atoms with Crippen molar-refractivity contribution in [1.29, 1.82) is 0 Å². The van der Waals surface area contributed by atoms with Crippen LogP contribution < -0.4 is 4.74 Å². The molecular formula is C14H21ClO2. The third-order valence-electron chi connectivity index (χ3n) is 2.78. The Balaban J connectivity index is 2.63. The molecule has 96 valence electrons. The van der Waals surface area contributed by atoms with Crippen molar-refractivity contribution in [2.75, 3.05) is 7.11 Å². The first-order chi connectivity index (χ1) is 8.02. The quantitative estimate of drug-likeness (QED) is 0.841.